The van der Waals surface area contributed by atoms with E-state index in [2.05, 4.69) is 57.1 Å². The van der Waals surface area contributed by atoms with Gasteiger partial charge in [0.15, 0.2) is 0 Å². The Balaban J connectivity index is 1.65. The molecule has 2 aromatic rings. The summed E-state index contributed by atoms with van der Waals surface area (Å²) in [5.74, 6) is 0.681. The number of likely N-dealkylation sites (tertiary alicyclic amines) is 2. The van der Waals surface area contributed by atoms with Gasteiger partial charge in [0.25, 0.3) is 0 Å². The molecule has 2 aliphatic rings. The first kappa shape index (κ1) is 15.8. The number of imidazole rings is 1. The van der Waals surface area contributed by atoms with Crippen molar-refractivity contribution in [3.63, 3.8) is 0 Å². The topological polar surface area (TPSA) is 55.4 Å². The van der Waals surface area contributed by atoms with Crippen molar-refractivity contribution in [3.05, 3.63) is 54.1 Å². The average molecular weight is 326 g/mol. The fraction of sp³-hybridized carbons (Fsp3) is 0.526. The van der Waals surface area contributed by atoms with Crippen LogP contribution in [0.3, 0.4) is 0 Å². The number of likely N-dealkylation sites (N-methyl/N-ethyl adjacent to an activating group) is 1. The maximum absolute atomic E-state index is 10.9. The normalized spacial score (nSPS) is 31.8. The minimum Gasteiger partial charge on any atom is -0.393 e. The lowest BCUT2D eigenvalue weighted by atomic mass is 9.81. The number of aromatic amines is 1. The summed E-state index contributed by atoms with van der Waals surface area (Å²) in [6.45, 7) is 3.83. The quantitative estimate of drug-likeness (QED) is 0.901. The summed E-state index contributed by atoms with van der Waals surface area (Å²) < 4.78 is 0. The molecule has 2 aliphatic heterocycles. The Kier molecular flexibility index (Phi) is 4.39. The summed E-state index contributed by atoms with van der Waals surface area (Å²) in [7, 11) is 2.17. The van der Waals surface area contributed by atoms with Crippen molar-refractivity contribution in [2.75, 3.05) is 26.7 Å². The Bertz CT molecular complexity index is 645. The molecular formula is C19H26N4O. The lowest BCUT2D eigenvalue weighted by molar-refractivity contribution is 0.0797. The third kappa shape index (κ3) is 2.99. The van der Waals surface area contributed by atoms with Gasteiger partial charge < -0.3 is 15.0 Å². The van der Waals surface area contributed by atoms with Crippen molar-refractivity contribution in [2.24, 2.45) is 5.92 Å². The molecule has 4 atom stereocenters. The standard InChI is InChI=1S/C19H26N4O/c1-22-8-7-18(24)19-16(14-5-3-2-4-6-14)11-23(17(19)12-22)10-15-9-20-13-21-15/h2-6,9,13,16-19,24H,7-8,10-12H2,1H3,(H,20,21)/t16-,17+,18+,19-/m0/s1. The van der Waals surface area contributed by atoms with Crippen molar-refractivity contribution >= 4 is 0 Å². The molecule has 2 fully saturated rings. The van der Waals surface area contributed by atoms with Gasteiger partial charge in [0.2, 0.25) is 0 Å². The van der Waals surface area contributed by atoms with Crippen LogP contribution < -0.4 is 0 Å². The molecule has 5 heteroatoms. The Labute approximate surface area is 143 Å². The molecule has 4 rings (SSSR count). The zero-order chi connectivity index (χ0) is 16.5. The summed E-state index contributed by atoms with van der Waals surface area (Å²) in [4.78, 5) is 12.3. The number of aliphatic hydroxyl groups is 1. The second-order valence-electron chi connectivity index (χ2n) is 7.29. The van der Waals surface area contributed by atoms with E-state index in [4.69, 9.17) is 0 Å². The first-order valence-electron chi connectivity index (χ1n) is 8.85. The van der Waals surface area contributed by atoms with Gasteiger partial charge in [-0.15, -0.1) is 0 Å². The van der Waals surface area contributed by atoms with Crippen molar-refractivity contribution in [2.45, 2.75) is 31.0 Å². The van der Waals surface area contributed by atoms with Crippen LogP contribution in [0.1, 0.15) is 23.6 Å². The van der Waals surface area contributed by atoms with Gasteiger partial charge in [-0.05, 0) is 19.0 Å². The number of rotatable bonds is 3. The predicted molar refractivity (Wildman–Crippen MR) is 93.6 cm³/mol. The van der Waals surface area contributed by atoms with E-state index in [9.17, 15) is 5.11 Å². The molecule has 0 radical (unpaired) electrons. The molecule has 3 heterocycles. The molecule has 1 aromatic heterocycles. The molecule has 0 saturated carbocycles. The first-order valence-corrected chi connectivity index (χ1v) is 8.85. The second kappa shape index (κ2) is 6.67. The van der Waals surface area contributed by atoms with E-state index in [1.807, 2.05) is 6.20 Å². The minimum absolute atomic E-state index is 0.239. The molecule has 2 N–H and O–H groups in total. The van der Waals surface area contributed by atoms with E-state index >= 15 is 0 Å². The number of hydrogen-bond acceptors (Lipinski definition) is 4. The van der Waals surface area contributed by atoms with Gasteiger partial charge in [-0.3, -0.25) is 4.90 Å². The number of nitrogens with zero attached hydrogens (tertiary/aromatic N) is 3. The summed E-state index contributed by atoms with van der Waals surface area (Å²) >= 11 is 0. The average Bonchev–Trinajstić information content (AvgIpc) is 3.19. The van der Waals surface area contributed by atoms with Crippen LogP contribution in [-0.2, 0) is 6.54 Å². The van der Waals surface area contributed by atoms with Crippen molar-refractivity contribution in [1.82, 2.24) is 19.8 Å². The number of aromatic nitrogens is 2. The van der Waals surface area contributed by atoms with Crippen molar-refractivity contribution < 1.29 is 5.11 Å². The number of hydrogen-bond donors (Lipinski definition) is 2. The van der Waals surface area contributed by atoms with Gasteiger partial charge >= 0.3 is 0 Å². The monoisotopic (exact) mass is 326 g/mol. The van der Waals surface area contributed by atoms with Gasteiger partial charge in [0.05, 0.1) is 12.4 Å². The van der Waals surface area contributed by atoms with Crippen LogP contribution in [0.15, 0.2) is 42.9 Å². The molecule has 0 bridgehead atoms. The SMILES string of the molecule is CN1CC[C@@H](O)[C@@H]2[C@@H](C1)N(Cc1cnc[nH]1)C[C@H]2c1ccccc1. The number of H-pyrrole nitrogens is 1. The number of aliphatic hydroxyl groups excluding tert-OH is 1. The van der Waals surface area contributed by atoms with Crippen LogP contribution in [0.2, 0.25) is 0 Å². The highest BCUT2D eigenvalue weighted by Gasteiger charge is 2.47. The van der Waals surface area contributed by atoms with Crippen molar-refractivity contribution in [1.29, 1.82) is 0 Å². The molecule has 5 nitrogen and oxygen atoms in total. The Morgan fingerprint density at radius 1 is 1.25 bits per heavy atom. The van der Waals surface area contributed by atoms with E-state index in [-0.39, 0.29) is 6.10 Å². The Morgan fingerprint density at radius 2 is 2.08 bits per heavy atom. The number of benzene rings is 1. The minimum atomic E-state index is -0.239. The van der Waals surface area contributed by atoms with E-state index < -0.39 is 0 Å². The zero-order valence-corrected chi connectivity index (χ0v) is 14.2. The van der Waals surface area contributed by atoms with Crippen molar-refractivity contribution in [3.8, 4) is 0 Å². The highest BCUT2D eigenvalue weighted by Crippen LogP contribution is 2.42. The van der Waals surface area contributed by atoms with Crippen LogP contribution >= 0.6 is 0 Å². The maximum Gasteiger partial charge on any atom is 0.0922 e. The van der Waals surface area contributed by atoms with Crippen LogP contribution in [-0.4, -0.2) is 63.7 Å². The number of fused-ring (bicyclic) bond motifs is 1. The van der Waals surface area contributed by atoms with E-state index in [1.54, 1.807) is 6.33 Å². The summed E-state index contributed by atoms with van der Waals surface area (Å²) in [6, 6.07) is 11.1. The van der Waals surface area contributed by atoms with Gasteiger partial charge in [-0.1, -0.05) is 30.3 Å². The molecule has 0 spiro atoms. The third-order valence-electron chi connectivity index (χ3n) is 5.71. The zero-order valence-electron chi connectivity index (χ0n) is 14.2. The van der Waals surface area contributed by atoms with Gasteiger partial charge in [-0.25, -0.2) is 4.98 Å². The van der Waals surface area contributed by atoms with Gasteiger partial charge in [0, 0.05) is 55.9 Å². The highest BCUT2D eigenvalue weighted by molar-refractivity contribution is 5.24. The van der Waals surface area contributed by atoms with Crippen LogP contribution in [0, 0.1) is 5.92 Å². The fourth-order valence-corrected chi connectivity index (χ4v) is 4.54. The van der Waals surface area contributed by atoms with E-state index in [1.165, 1.54) is 5.56 Å². The first-order chi connectivity index (χ1) is 11.7. The van der Waals surface area contributed by atoms with Gasteiger partial charge in [0.1, 0.15) is 0 Å². The summed E-state index contributed by atoms with van der Waals surface area (Å²) in [5.41, 5.74) is 2.49. The molecule has 24 heavy (non-hydrogen) atoms. The number of nitrogens with one attached hydrogen (secondary N) is 1. The summed E-state index contributed by atoms with van der Waals surface area (Å²) in [5, 5.41) is 10.9. The van der Waals surface area contributed by atoms with Gasteiger partial charge in [-0.2, -0.15) is 0 Å². The van der Waals surface area contributed by atoms with E-state index in [0.717, 1.165) is 38.3 Å². The maximum atomic E-state index is 10.9. The van der Waals surface area contributed by atoms with Crippen LogP contribution in [0.25, 0.3) is 0 Å². The predicted octanol–water partition coefficient (Wildman–Crippen LogP) is 1.69. The lowest BCUT2D eigenvalue weighted by Gasteiger charge is -2.30. The fourth-order valence-electron chi connectivity index (χ4n) is 4.54. The molecule has 2 saturated heterocycles. The molecule has 0 unspecified atom stereocenters. The Morgan fingerprint density at radius 3 is 2.83 bits per heavy atom. The second-order valence-corrected chi connectivity index (χ2v) is 7.29. The Hall–Kier alpha value is -1.69. The molecule has 128 valence electrons. The largest absolute Gasteiger partial charge is 0.393 e. The lowest BCUT2D eigenvalue weighted by Crippen LogP contribution is -2.41. The van der Waals surface area contributed by atoms with E-state index in [0.29, 0.717) is 17.9 Å². The third-order valence-corrected chi connectivity index (χ3v) is 5.71. The molecular weight excluding hydrogens is 300 g/mol. The molecule has 0 amide bonds. The smallest absolute Gasteiger partial charge is 0.0922 e. The highest BCUT2D eigenvalue weighted by atomic mass is 16.3. The molecule has 0 aliphatic carbocycles. The summed E-state index contributed by atoms with van der Waals surface area (Å²) in [6.07, 6.45) is 4.27. The molecule has 1 aromatic carbocycles. The van der Waals surface area contributed by atoms with Crippen LogP contribution in [0.5, 0.6) is 0 Å². The van der Waals surface area contributed by atoms with Crippen LogP contribution in [0.4, 0.5) is 0 Å².